The third kappa shape index (κ3) is 4.56. The lowest BCUT2D eigenvalue weighted by Gasteiger charge is -2.33. The second-order valence-corrected chi connectivity index (χ2v) is 9.00. The van der Waals surface area contributed by atoms with E-state index in [0.29, 0.717) is 50.3 Å². The Labute approximate surface area is 199 Å². The van der Waals surface area contributed by atoms with E-state index in [1.807, 2.05) is 6.07 Å². The Balaban J connectivity index is 1.24. The number of morpholine rings is 1. The number of carbonyl (C=O) groups excluding carboxylic acids is 3. The molecule has 0 saturated carbocycles. The molecule has 1 unspecified atom stereocenters. The largest absolute Gasteiger partial charge is 0.489 e. The summed E-state index contributed by atoms with van der Waals surface area (Å²) in [6, 6.07) is 13.2. The van der Waals surface area contributed by atoms with Gasteiger partial charge in [-0.2, -0.15) is 0 Å². The molecule has 2 fully saturated rings. The summed E-state index contributed by atoms with van der Waals surface area (Å²) in [5, 5.41) is 0. The van der Waals surface area contributed by atoms with E-state index < -0.39 is 6.04 Å². The van der Waals surface area contributed by atoms with Gasteiger partial charge in [0.25, 0.3) is 11.8 Å². The van der Waals surface area contributed by atoms with Gasteiger partial charge in [-0.1, -0.05) is 30.3 Å². The predicted octanol–water partition coefficient (Wildman–Crippen LogP) is 2.20. The number of amides is 3. The third-order valence-electron chi connectivity index (χ3n) is 6.83. The maximum Gasteiger partial charge on any atom is 0.255 e. The number of benzene rings is 2. The zero-order chi connectivity index (χ0) is 23.5. The Kier molecular flexibility index (Phi) is 6.60. The van der Waals surface area contributed by atoms with Crippen molar-refractivity contribution in [2.45, 2.75) is 38.6 Å². The topological polar surface area (TPSA) is 79.4 Å². The lowest BCUT2D eigenvalue weighted by Crippen LogP contribution is -2.51. The zero-order valence-electron chi connectivity index (χ0n) is 19.2. The summed E-state index contributed by atoms with van der Waals surface area (Å²) in [5.41, 5.74) is 3.67. The molecule has 5 rings (SSSR count). The minimum Gasteiger partial charge on any atom is -0.489 e. The van der Waals surface area contributed by atoms with E-state index in [-0.39, 0.29) is 11.8 Å². The number of hydrogen-bond acceptors (Lipinski definition) is 6. The van der Waals surface area contributed by atoms with Crippen molar-refractivity contribution in [2.24, 2.45) is 0 Å². The van der Waals surface area contributed by atoms with Crippen LogP contribution in [0.5, 0.6) is 5.75 Å². The highest BCUT2D eigenvalue weighted by atomic mass is 16.5. The summed E-state index contributed by atoms with van der Waals surface area (Å²) in [6.45, 7) is 5.52. The molecule has 3 aliphatic rings. The van der Waals surface area contributed by atoms with Gasteiger partial charge in [0.15, 0.2) is 0 Å². The fourth-order valence-electron chi connectivity index (χ4n) is 4.91. The zero-order valence-corrected chi connectivity index (χ0v) is 19.2. The number of piperidine rings is 1. The van der Waals surface area contributed by atoms with Crippen LogP contribution in [0.25, 0.3) is 0 Å². The van der Waals surface area contributed by atoms with Crippen LogP contribution >= 0.6 is 0 Å². The monoisotopic (exact) mass is 463 g/mol. The van der Waals surface area contributed by atoms with E-state index in [0.717, 1.165) is 44.0 Å². The van der Waals surface area contributed by atoms with Gasteiger partial charge in [0.1, 0.15) is 18.4 Å². The summed E-state index contributed by atoms with van der Waals surface area (Å²) in [6.07, 6.45) is 1.82. The minimum absolute atomic E-state index is 0.181. The van der Waals surface area contributed by atoms with Gasteiger partial charge in [-0.15, -0.1) is 0 Å². The molecule has 0 aromatic heterocycles. The lowest BCUT2D eigenvalue weighted by atomic mass is 10.0. The third-order valence-corrected chi connectivity index (χ3v) is 6.83. The number of hydrogen-bond donors (Lipinski definition) is 0. The Morgan fingerprint density at radius 1 is 1.00 bits per heavy atom. The van der Waals surface area contributed by atoms with E-state index in [2.05, 4.69) is 29.2 Å². The summed E-state index contributed by atoms with van der Waals surface area (Å²) in [5.74, 6) is 0.169. The number of carbonyl (C=O) groups is 3. The highest BCUT2D eigenvalue weighted by Crippen LogP contribution is 2.34. The number of ether oxygens (including phenoxy) is 2. The molecule has 34 heavy (non-hydrogen) atoms. The summed E-state index contributed by atoms with van der Waals surface area (Å²) >= 11 is 0. The van der Waals surface area contributed by atoms with Crippen molar-refractivity contribution in [3.63, 3.8) is 0 Å². The van der Waals surface area contributed by atoms with Gasteiger partial charge in [-0.3, -0.25) is 24.2 Å². The van der Waals surface area contributed by atoms with Crippen LogP contribution in [0, 0.1) is 0 Å². The maximum absolute atomic E-state index is 13.1. The van der Waals surface area contributed by atoms with Crippen molar-refractivity contribution in [1.82, 2.24) is 14.7 Å². The normalized spacial score (nSPS) is 21.0. The first-order valence-corrected chi connectivity index (χ1v) is 11.8. The molecule has 1 atom stereocenters. The van der Waals surface area contributed by atoms with Gasteiger partial charge >= 0.3 is 0 Å². The quantitative estimate of drug-likeness (QED) is 0.586. The van der Waals surface area contributed by atoms with Gasteiger partial charge in [0, 0.05) is 37.3 Å². The van der Waals surface area contributed by atoms with Crippen LogP contribution in [0.2, 0.25) is 0 Å². The van der Waals surface area contributed by atoms with Crippen LogP contribution in [-0.2, 0) is 34.0 Å². The van der Waals surface area contributed by atoms with Crippen molar-refractivity contribution < 1.29 is 23.9 Å². The first-order chi connectivity index (χ1) is 16.6. The van der Waals surface area contributed by atoms with E-state index in [9.17, 15) is 14.4 Å². The van der Waals surface area contributed by atoms with E-state index >= 15 is 0 Å². The first kappa shape index (κ1) is 22.6. The molecule has 8 heteroatoms. The van der Waals surface area contributed by atoms with Gasteiger partial charge in [0.2, 0.25) is 6.41 Å². The smallest absolute Gasteiger partial charge is 0.255 e. The molecular weight excluding hydrogens is 434 g/mol. The molecule has 2 aromatic rings. The van der Waals surface area contributed by atoms with Crippen molar-refractivity contribution >= 4 is 18.2 Å². The van der Waals surface area contributed by atoms with Gasteiger partial charge in [-0.25, -0.2) is 0 Å². The molecule has 0 aliphatic carbocycles. The van der Waals surface area contributed by atoms with Crippen molar-refractivity contribution in [3.05, 3.63) is 64.7 Å². The lowest BCUT2D eigenvalue weighted by molar-refractivity contribution is -0.144. The Bertz CT molecular complexity index is 1060. The molecule has 178 valence electrons. The second-order valence-electron chi connectivity index (χ2n) is 9.00. The molecule has 0 spiro atoms. The Hall–Kier alpha value is -3.23. The highest BCUT2D eigenvalue weighted by molar-refractivity contribution is 6.02. The number of nitrogens with zero attached hydrogens (tertiary/aromatic N) is 3. The van der Waals surface area contributed by atoms with Crippen LogP contribution in [0.3, 0.4) is 0 Å². The minimum atomic E-state index is -0.606. The van der Waals surface area contributed by atoms with Crippen LogP contribution in [0.1, 0.15) is 39.9 Å². The van der Waals surface area contributed by atoms with Gasteiger partial charge < -0.3 is 14.4 Å². The second kappa shape index (κ2) is 9.95. The fraction of sp³-hybridized carbons (Fsp3) is 0.423. The molecule has 3 heterocycles. The molecule has 0 bridgehead atoms. The molecule has 0 radical (unpaired) electrons. The predicted molar refractivity (Wildman–Crippen MR) is 124 cm³/mol. The summed E-state index contributed by atoms with van der Waals surface area (Å²) < 4.78 is 11.5. The molecule has 0 N–H and O–H groups in total. The SMILES string of the molecule is O=CN1CCCC(N2Cc3c(OCc4ccc(CN5CCOCC5)cc4)cccc3C2=O)C1=O. The number of imide groups is 1. The van der Waals surface area contributed by atoms with Crippen LogP contribution < -0.4 is 4.74 Å². The van der Waals surface area contributed by atoms with E-state index in [1.165, 1.54) is 10.5 Å². The van der Waals surface area contributed by atoms with Crippen LogP contribution in [0.4, 0.5) is 0 Å². The number of likely N-dealkylation sites (tertiary alicyclic amines) is 1. The fourth-order valence-corrected chi connectivity index (χ4v) is 4.91. The Morgan fingerprint density at radius 3 is 2.53 bits per heavy atom. The molecule has 3 aliphatic heterocycles. The Morgan fingerprint density at radius 2 is 1.76 bits per heavy atom. The molecule has 2 aromatic carbocycles. The molecule has 2 saturated heterocycles. The van der Waals surface area contributed by atoms with Crippen molar-refractivity contribution in [1.29, 1.82) is 0 Å². The van der Waals surface area contributed by atoms with Gasteiger partial charge in [-0.05, 0) is 36.1 Å². The van der Waals surface area contributed by atoms with Crippen molar-refractivity contribution in [3.8, 4) is 5.75 Å². The first-order valence-electron chi connectivity index (χ1n) is 11.8. The number of rotatable bonds is 7. The molecule has 3 amide bonds. The molecular formula is C26H29N3O5. The average Bonchev–Trinajstić information content (AvgIpc) is 3.21. The number of fused-ring (bicyclic) bond motifs is 1. The van der Waals surface area contributed by atoms with Crippen LogP contribution in [0.15, 0.2) is 42.5 Å². The van der Waals surface area contributed by atoms with Gasteiger partial charge in [0.05, 0.1) is 19.8 Å². The maximum atomic E-state index is 13.1. The summed E-state index contributed by atoms with van der Waals surface area (Å²) in [7, 11) is 0. The standard InChI is InChI=1S/C26H29N3O5/c30-18-28-10-2-4-23(26(28)32)29-16-22-21(25(29)31)3-1-5-24(22)34-17-20-8-6-19(7-9-20)15-27-11-13-33-14-12-27/h1,3,5-9,18,23H,2,4,10-17H2. The molecule has 8 nitrogen and oxygen atoms in total. The van der Waals surface area contributed by atoms with E-state index in [1.54, 1.807) is 17.0 Å². The summed E-state index contributed by atoms with van der Waals surface area (Å²) in [4.78, 5) is 42.0. The van der Waals surface area contributed by atoms with Crippen molar-refractivity contribution in [2.75, 3.05) is 32.8 Å². The highest BCUT2D eigenvalue weighted by Gasteiger charge is 2.40. The van der Waals surface area contributed by atoms with E-state index in [4.69, 9.17) is 9.47 Å². The van der Waals surface area contributed by atoms with Crippen LogP contribution in [-0.4, -0.2) is 71.8 Å². The average molecular weight is 464 g/mol.